The molecule has 3 rings (SSSR count). The van der Waals surface area contributed by atoms with Gasteiger partial charge in [0.15, 0.2) is 0 Å². The van der Waals surface area contributed by atoms with Crippen LogP contribution < -0.4 is 16.4 Å². The summed E-state index contributed by atoms with van der Waals surface area (Å²) in [5.74, 6) is -0.265. The smallest absolute Gasteiger partial charge is 0.273 e. The van der Waals surface area contributed by atoms with Crippen molar-refractivity contribution in [2.75, 3.05) is 5.32 Å². The van der Waals surface area contributed by atoms with E-state index >= 15 is 0 Å². The number of amides is 1. The van der Waals surface area contributed by atoms with Crippen molar-refractivity contribution < 1.29 is 4.79 Å². The molecule has 0 unspecified atom stereocenters. The second-order valence-corrected chi connectivity index (χ2v) is 4.98. The van der Waals surface area contributed by atoms with Crippen LogP contribution in [0.3, 0.4) is 0 Å². The van der Waals surface area contributed by atoms with Crippen molar-refractivity contribution >= 4 is 22.4 Å². The highest BCUT2D eigenvalue weighted by Crippen LogP contribution is 2.04. The first kappa shape index (κ1) is 14.7. The number of nitrogens with zero attached hydrogens (tertiary/aromatic N) is 2. The Kier molecular flexibility index (Phi) is 4.01. The molecular formula is C16H14N4O3. The van der Waals surface area contributed by atoms with Gasteiger partial charge in [0, 0.05) is 12.6 Å². The Hall–Kier alpha value is -3.22. The Balaban J connectivity index is 1.77. The molecule has 0 aliphatic heterocycles. The fourth-order valence-corrected chi connectivity index (χ4v) is 2.28. The molecule has 23 heavy (non-hydrogen) atoms. The number of benzene rings is 1. The minimum atomic E-state index is -0.354. The molecule has 7 heteroatoms. The van der Waals surface area contributed by atoms with E-state index in [2.05, 4.69) is 15.4 Å². The number of pyridine rings is 1. The average molecular weight is 310 g/mol. The molecule has 0 saturated carbocycles. The van der Waals surface area contributed by atoms with Gasteiger partial charge in [0.1, 0.15) is 0 Å². The highest BCUT2D eigenvalue weighted by molar-refractivity contribution is 5.90. The molecule has 0 aliphatic carbocycles. The van der Waals surface area contributed by atoms with Crippen molar-refractivity contribution in [3.8, 4) is 0 Å². The molecule has 2 N–H and O–H groups in total. The van der Waals surface area contributed by atoms with E-state index in [0.29, 0.717) is 16.5 Å². The summed E-state index contributed by atoms with van der Waals surface area (Å²) >= 11 is 0. The van der Waals surface area contributed by atoms with Crippen molar-refractivity contribution in [1.82, 2.24) is 14.8 Å². The van der Waals surface area contributed by atoms with Crippen LogP contribution in [0.1, 0.15) is 6.42 Å². The van der Waals surface area contributed by atoms with Gasteiger partial charge in [0.05, 0.1) is 29.2 Å². The average Bonchev–Trinajstić information content (AvgIpc) is 2.58. The number of aromatic amines is 1. The van der Waals surface area contributed by atoms with E-state index < -0.39 is 0 Å². The van der Waals surface area contributed by atoms with Crippen LogP contribution in [0.25, 0.3) is 10.8 Å². The molecular weight excluding hydrogens is 296 g/mol. The molecule has 1 aromatic carbocycles. The SMILES string of the molecule is O=C(CCn1[nH]c(=O)c2ccccc2c1=O)Nc1cccnc1. The zero-order chi connectivity index (χ0) is 16.2. The summed E-state index contributed by atoms with van der Waals surface area (Å²) in [5, 5.41) is 5.85. The van der Waals surface area contributed by atoms with Gasteiger partial charge in [0.2, 0.25) is 5.91 Å². The summed E-state index contributed by atoms with van der Waals surface area (Å²) < 4.78 is 1.16. The molecule has 0 bridgehead atoms. The fourth-order valence-electron chi connectivity index (χ4n) is 2.28. The number of carbonyl (C=O) groups is 1. The molecule has 0 saturated heterocycles. The largest absolute Gasteiger partial charge is 0.325 e. The number of aryl methyl sites for hydroxylation is 1. The first-order valence-corrected chi connectivity index (χ1v) is 7.07. The van der Waals surface area contributed by atoms with E-state index in [-0.39, 0.29) is 30.0 Å². The van der Waals surface area contributed by atoms with Gasteiger partial charge in [-0.05, 0) is 24.3 Å². The lowest BCUT2D eigenvalue weighted by molar-refractivity contribution is -0.116. The van der Waals surface area contributed by atoms with Gasteiger partial charge in [-0.3, -0.25) is 24.5 Å². The second-order valence-electron chi connectivity index (χ2n) is 4.98. The molecule has 116 valence electrons. The Labute approximate surface area is 130 Å². The number of hydrogen-bond donors (Lipinski definition) is 2. The highest BCUT2D eigenvalue weighted by atomic mass is 16.2. The van der Waals surface area contributed by atoms with Crippen LogP contribution in [0, 0.1) is 0 Å². The summed E-state index contributed by atoms with van der Waals surface area (Å²) in [7, 11) is 0. The third kappa shape index (κ3) is 3.18. The number of hydrogen-bond acceptors (Lipinski definition) is 4. The number of carbonyl (C=O) groups excluding carboxylic acids is 1. The van der Waals surface area contributed by atoms with E-state index in [0.717, 1.165) is 4.68 Å². The summed E-state index contributed by atoms with van der Waals surface area (Å²) in [6.07, 6.45) is 3.19. The van der Waals surface area contributed by atoms with Crippen LogP contribution in [-0.4, -0.2) is 20.7 Å². The molecule has 1 amide bonds. The summed E-state index contributed by atoms with van der Waals surface area (Å²) in [4.78, 5) is 40.1. The predicted molar refractivity (Wildman–Crippen MR) is 86.3 cm³/mol. The Morgan fingerprint density at radius 2 is 1.91 bits per heavy atom. The van der Waals surface area contributed by atoms with E-state index in [1.165, 1.54) is 6.20 Å². The van der Waals surface area contributed by atoms with Crippen LogP contribution in [-0.2, 0) is 11.3 Å². The highest BCUT2D eigenvalue weighted by Gasteiger charge is 2.08. The minimum Gasteiger partial charge on any atom is -0.325 e. The molecule has 0 aliphatic rings. The van der Waals surface area contributed by atoms with Crippen LogP contribution >= 0.6 is 0 Å². The third-order valence-electron chi connectivity index (χ3n) is 3.39. The zero-order valence-corrected chi connectivity index (χ0v) is 12.2. The van der Waals surface area contributed by atoms with Gasteiger partial charge < -0.3 is 5.32 Å². The fraction of sp³-hybridized carbons (Fsp3) is 0.125. The number of anilines is 1. The Morgan fingerprint density at radius 3 is 2.65 bits per heavy atom. The summed E-state index contributed by atoms with van der Waals surface area (Å²) in [5.41, 5.74) is -0.0981. The Bertz CT molecular complexity index is 960. The van der Waals surface area contributed by atoms with E-state index in [4.69, 9.17) is 0 Å². The lowest BCUT2D eigenvalue weighted by Crippen LogP contribution is -2.31. The minimum absolute atomic E-state index is 0.0586. The quantitative estimate of drug-likeness (QED) is 0.754. The van der Waals surface area contributed by atoms with Crippen molar-refractivity contribution in [2.45, 2.75) is 13.0 Å². The lowest BCUT2D eigenvalue weighted by Gasteiger charge is -2.07. The molecule has 0 fully saturated rings. The zero-order valence-electron chi connectivity index (χ0n) is 12.2. The number of nitrogens with one attached hydrogen (secondary N) is 2. The van der Waals surface area contributed by atoms with Gasteiger partial charge in [-0.2, -0.15) is 0 Å². The van der Waals surface area contributed by atoms with Crippen LogP contribution in [0.2, 0.25) is 0 Å². The molecule has 0 spiro atoms. The molecule has 2 heterocycles. The van der Waals surface area contributed by atoms with Crippen molar-refractivity contribution in [2.24, 2.45) is 0 Å². The third-order valence-corrected chi connectivity index (χ3v) is 3.39. The van der Waals surface area contributed by atoms with E-state index in [1.807, 2.05) is 0 Å². The van der Waals surface area contributed by atoms with Crippen LogP contribution in [0.15, 0.2) is 58.4 Å². The molecule has 3 aromatic rings. The van der Waals surface area contributed by atoms with Gasteiger partial charge >= 0.3 is 0 Å². The van der Waals surface area contributed by atoms with Crippen molar-refractivity contribution in [3.63, 3.8) is 0 Å². The number of fused-ring (bicyclic) bond motifs is 1. The molecule has 2 aromatic heterocycles. The Morgan fingerprint density at radius 1 is 1.13 bits per heavy atom. The molecule has 0 atom stereocenters. The first-order valence-electron chi connectivity index (χ1n) is 7.07. The van der Waals surface area contributed by atoms with Gasteiger partial charge in [-0.25, -0.2) is 4.68 Å². The predicted octanol–water partition coefficient (Wildman–Crippen LogP) is 1.11. The monoisotopic (exact) mass is 310 g/mol. The summed E-state index contributed by atoms with van der Waals surface area (Å²) in [6, 6.07) is 10.0. The second kappa shape index (κ2) is 6.27. The molecule has 7 nitrogen and oxygen atoms in total. The first-order chi connectivity index (χ1) is 11.1. The topological polar surface area (TPSA) is 96.9 Å². The number of aromatic nitrogens is 3. The molecule has 0 radical (unpaired) electrons. The maximum Gasteiger partial charge on any atom is 0.273 e. The lowest BCUT2D eigenvalue weighted by atomic mass is 10.2. The maximum absolute atomic E-state index is 12.3. The van der Waals surface area contributed by atoms with Gasteiger partial charge in [-0.15, -0.1) is 0 Å². The van der Waals surface area contributed by atoms with Crippen LogP contribution in [0.5, 0.6) is 0 Å². The van der Waals surface area contributed by atoms with Gasteiger partial charge in [0.25, 0.3) is 11.1 Å². The number of H-pyrrole nitrogens is 1. The van der Waals surface area contributed by atoms with Crippen molar-refractivity contribution in [3.05, 3.63) is 69.5 Å². The standard InChI is InChI=1S/C16H14N4O3/c21-14(18-11-4-3-8-17-10-11)7-9-20-16(23)13-6-2-1-5-12(13)15(22)19-20/h1-6,8,10H,7,9H2,(H,18,21)(H,19,22). The van der Waals surface area contributed by atoms with Crippen LogP contribution in [0.4, 0.5) is 5.69 Å². The normalized spacial score (nSPS) is 10.6. The maximum atomic E-state index is 12.3. The summed E-state index contributed by atoms with van der Waals surface area (Å²) in [6.45, 7) is 0.0883. The van der Waals surface area contributed by atoms with E-state index in [1.54, 1.807) is 42.6 Å². The van der Waals surface area contributed by atoms with E-state index in [9.17, 15) is 14.4 Å². The van der Waals surface area contributed by atoms with Crippen molar-refractivity contribution in [1.29, 1.82) is 0 Å². The number of rotatable bonds is 4. The van der Waals surface area contributed by atoms with Gasteiger partial charge in [-0.1, -0.05) is 12.1 Å².